The van der Waals surface area contributed by atoms with Crippen LogP contribution in [0.1, 0.15) is 24.2 Å². The highest BCUT2D eigenvalue weighted by Gasteiger charge is 2.41. The monoisotopic (exact) mass is 338 g/mol. The number of nitrogens with zero attached hydrogens (tertiary/aromatic N) is 4. The molecule has 25 heavy (non-hydrogen) atoms. The summed E-state index contributed by atoms with van der Waals surface area (Å²) in [6.07, 6.45) is 7.03. The fraction of sp³-hybridized carbons (Fsp3) is 0.389. The molecular weight excluding hydrogens is 316 g/mol. The molecule has 7 heteroatoms. The standard InChI is InChI=1S/C18H22N6O/c1-14-4-2-5-16-22-15(13-23(14)16)12-20-17(25)18(6-9-19-10-7-18)24-11-3-8-21-24/h2-5,8,11,13,19H,6-7,9-10,12H2,1H3,(H,20,25). The van der Waals surface area contributed by atoms with Crippen molar-refractivity contribution in [3.63, 3.8) is 0 Å². The van der Waals surface area contributed by atoms with Gasteiger partial charge in [0, 0.05) is 24.3 Å². The Bertz CT molecular complexity index is 876. The van der Waals surface area contributed by atoms with Crippen molar-refractivity contribution in [1.29, 1.82) is 0 Å². The summed E-state index contributed by atoms with van der Waals surface area (Å²) in [6.45, 7) is 4.07. The molecule has 2 N–H and O–H groups in total. The number of aryl methyl sites for hydroxylation is 1. The number of hydrogen-bond acceptors (Lipinski definition) is 4. The van der Waals surface area contributed by atoms with Crippen molar-refractivity contribution in [3.8, 4) is 0 Å². The topological polar surface area (TPSA) is 76.2 Å². The molecule has 1 saturated heterocycles. The van der Waals surface area contributed by atoms with Crippen LogP contribution in [0.25, 0.3) is 5.65 Å². The van der Waals surface area contributed by atoms with E-state index in [4.69, 9.17) is 0 Å². The highest BCUT2D eigenvalue weighted by Crippen LogP contribution is 2.27. The van der Waals surface area contributed by atoms with Gasteiger partial charge in [-0.25, -0.2) is 4.98 Å². The van der Waals surface area contributed by atoms with Gasteiger partial charge in [0.05, 0.1) is 12.2 Å². The zero-order valence-corrected chi connectivity index (χ0v) is 14.3. The maximum atomic E-state index is 13.0. The number of aromatic nitrogens is 4. The van der Waals surface area contributed by atoms with Gasteiger partial charge in [-0.15, -0.1) is 0 Å². The minimum atomic E-state index is -0.621. The zero-order chi connectivity index (χ0) is 17.3. The van der Waals surface area contributed by atoms with E-state index < -0.39 is 5.54 Å². The van der Waals surface area contributed by atoms with E-state index >= 15 is 0 Å². The number of piperidine rings is 1. The third-order valence-electron chi connectivity index (χ3n) is 4.97. The molecule has 3 aromatic heterocycles. The number of pyridine rings is 1. The summed E-state index contributed by atoms with van der Waals surface area (Å²) in [7, 11) is 0. The first-order chi connectivity index (χ1) is 12.2. The number of hydrogen-bond donors (Lipinski definition) is 2. The van der Waals surface area contributed by atoms with E-state index in [2.05, 4.69) is 20.7 Å². The van der Waals surface area contributed by atoms with E-state index in [1.807, 2.05) is 48.0 Å². The summed E-state index contributed by atoms with van der Waals surface area (Å²) >= 11 is 0. The molecule has 0 spiro atoms. The Morgan fingerprint density at radius 3 is 2.88 bits per heavy atom. The van der Waals surface area contributed by atoms with Gasteiger partial charge in [-0.1, -0.05) is 6.07 Å². The summed E-state index contributed by atoms with van der Waals surface area (Å²) in [5.41, 5.74) is 2.25. The minimum absolute atomic E-state index is 0.00600. The SMILES string of the molecule is Cc1cccc2nc(CNC(=O)C3(n4cccn4)CCNCC3)cn12. The van der Waals surface area contributed by atoms with E-state index in [9.17, 15) is 4.79 Å². The van der Waals surface area contributed by atoms with Gasteiger partial charge in [0.15, 0.2) is 0 Å². The van der Waals surface area contributed by atoms with Gasteiger partial charge >= 0.3 is 0 Å². The molecular formula is C18H22N6O. The Morgan fingerprint density at radius 1 is 1.32 bits per heavy atom. The molecule has 1 aliphatic rings. The zero-order valence-electron chi connectivity index (χ0n) is 14.3. The molecule has 0 radical (unpaired) electrons. The second kappa shape index (κ2) is 6.33. The third-order valence-corrected chi connectivity index (χ3v) is 4.97. The molecule has 130 valence electrons. The van der Waals surface area contributed by atoms with Crippen LogP contribution in [0.4, 0.5) is 0 Å². The smallest absolute Gasteiger partial charge is 0.248 e. The molecule has 7 nitrogen and oxygen atoms in total. The Hall–Kier alpha value is -2.67. The van der Waals surface area contributed by atoms with Crippen LogP contribution in [-0.4, -0.2) is 38.2 Å². The van der Waals surface area contributed by atoms with Crippen LogP contribution < -0.4 is 10.6 Å². The summed E-state index contributed by atoms with van der Waals surface area (Å²) in [6, 6.07) is 7.86. The van der Waals surface area contributed by atoms with Crippen molar-refractivity contribution >= 4 is 11.6 Å². The average molecular weight is 338 g/mol. The van der Waals surface area contributed by atoms with E-state index in [0.717, 1.165) is 43.0 Å². The van der Waals surface area contributed by atoms with Crippen LogP contribution in [0.5, 0.6) is 0 Å². The van der Waals surface area contributed by atoms with Crippen LogP contribution in [0, 0.1) is 6.92 Å². The normalized spacial score (nSPS) is 16.8. The number of rotatable bonds is 4. The lowest BCUT2D eigenvalue weighted by molar-refractivity contribution is -0.132. The number of nitrogens with one attached hydrogen (secondary N) is 2. The van der Waals surface area contributed by atoms with E-state index in [0.29, 0.717) is 6.54 Å². The van der Waals surface area contributed by atoms with Crippen molar-refractivity contribution in [2.24, 2.45) is 0 Å². The fourth-order valence-electron chi connectivity index (χ4n) is 3.54. The third kappa shape index (κ3) is 2.80. The van der Waals surface area contributed by atoms with Gasteiger partial charge in [-0.05, 0) is 51.1 Å². The van der Waals surface area contributed by atoms with Crippen molar-refractivity contribution in [2.45, 2.75) is 31.8 Å². The van der Waals surface area contributed by atoms with Crippen LogP contribution in [0.3, 0.4) is 0 Å². The average Bonchev–Trinajstić information content (AvgIpc) is 3.31. The lowest BCUT2D eigenvalue weighted by Crippen LogP contribution is -2.54. The number of imidazole rings is 1. The van der Waals surface area contributed by atoms with Crippen LogP contribution in [0.2, 0.25) is 0 Å². The highest BCUT2D eigenvalue weighted by atomic mass is 16.2. The Kier molecular flexibility index (Phi) is 4.01. The second-order valence-corrected chi connectivity index (χ2v) is 6.54. The number of carbonyl (C=O) groups is 1. The maximum absolute atomic E-state index is 13.0. The van der Waals surface area contributed by atoms with Gasteiger partial charge in [0.1, 0.15) is 11.2 Å². The van der Waals surface area contributed by atoms with Gasteiger partial charge in [0.2, 0.25) is 5.91 Å². The van der Waals surface area contributed by atoms with E-state index in [1.54, 1.807) is 10.9 Å². The van der Waals surface area contributed by atoms with Gasteiger partial charge < -0.3 is 15.0 Å². The number of carbonyl (C=O) groups excluding carboxylic acids is 1. The van der Waals surface area contributed by atoms with Crippen LogP contribution in [0.15, 0.2) is 42.9 Å². The molecule has 4 heterocycles. The molecule has 0 saturated carbocycles. The fourth-order valence-corrected chi connectivity index (χ4v) is 3.54. The second-order valence-electron chi connectivity index (χ2n) is 6.54. The van der Waals surface area contributed by atoms with Crippen LogP contribution in [-0.2, 0) is 16.9 Å². The Balaban J connectivity index is 1.54. The first-order valence-corrected chi connectivity index (χ1v) is 8.62. The maximum Gasteiger partial charge on any atom is 0.248 e. The van der Waals surface area contributed by atoms with E-state index in [-0.39, 0.29) is 5.91 Å². The molecule has 0 aliphatic carbocycles. The predicted octanol–water partition coefficient (Wildman–Crippen LogP) is 1.23. The van der Waals surface area contributed by atoms with Gasteiger partial charge in [-0.2, -0.15) is 5.10 Å². The van der Waals surface area contributed by atoms with Crippen molar-refractivity contribution < 1.29 is 4.79 Å². The molecule has 0 atom stereocenters. The van der Waals surface area contributed by atoms with E-state index in [1.165, 1.54) is 0 Å². The van der Waals surface area contributed by atoms with Crippen LogP contribution >= 0.6 is 0 Å². The number of fused-ring (bicyclic) bond motifs is 1. The minimum Gasteiger partial charge on any atom is -0.348 e. The number of amides is 1. The molecule has 0 bridgehead atoms. The van der Waals surface area contributed by atoms with Gasteiger partial charge in [-0.3, -0.25) is 9.48 Å². The van der Waals surface area contributed by atoms with Crippen molar-refractivity contribution in [1.82, 2.24) is 29.8 Å². The largest absolute Gasteiger partial charge is 0.348 e. The molecule has 1 amide bonds. The molecule has 1 aliphatic heterocycles. The first-order valence-electron chi connectivity index (χ1n) is 8.62. The lowest BCUT2D eigenvalue weighted by atomic mass is 9.87. The summed E-state index contributed by atoms with van der Waals surface area (Å²) < 4.78 is 3.84. The Morgan fingerprint density at radius 2 is 2.16 bits per heavy atom. The Labute approximate surface area is 146 Å². The van der Waals surface area contributed by atoms with Crippen molar-refractivity contribution in [2.75, 3.05) is 13.1 Å². The molecule has 3 aromatic rings. The molecule has 0 unspecified atom stereocenters. The lowest BCUT2D eigenvalue weighted by Gasteiger charge is -2.36. The first kappa shape index (κ1) is 15.8. The highest BCUT2D eigenvalue weighted by molar-refractivity contribution is 5.84. The van der Waals surface area contributed by atoms with Gasteiger partial charge in [0.25, 0.3) is 0 Å². The predicted molar refractivity (Wildman–Crippen MR) is 94.1 cm³/mol. The molecule has 4 rings (SSSR count). The quantitative estimate of drug-likeness (QED) is 0.750. The molecule has 1 fully saturated rings. The molecule has 0 aromatic carbocycles. The summed E-state index contributed by atoms with van der Waals surface area (Å²) in [5, 5.41) is 10.7. The summed E-state index contributed by atoms with van der Waals surface area (Å²) in [5.74, 6) is 0.00600. The summed E-state index contributed by atoms with van der Waals surface area (Å²) in [4.78, 5) is 17.6. The van der Waals surface area contributed by atoms with Crippen molar-refractivity contribution in [3.05, 3.63) is 54.2 Å².